The molecule has 0 bridgehead atoms. The largest absolute Gasteiger partial charge is 0.464 e. The molecule has 2 aliphatic rings. The number of hydrogen-bond donors (Lipinski definition) is 1. The highest BCUT2D eigenvalue weighted by Gasteiger charge is 2.26. The van der Waals surface area contributed by atoms with Crippen LogP contribution in [-0.4, -0.2) is 30.2 Å². The highest BCUT2D eigenvalue weighted by atomic mass is 16.5. The number of ether oxygens (including phenoxy) is 1. The van der Waals surface area contributed by atoms with E-state index in [1.54, 1.807) is 12.1 Å². The maximum Gasteiger partial charge on any atom is 0.293 e. The third-order valence-electron chi connectivity index (χ3n) is 5.05. The summed E-state index contributed by atoms with van der Waals surface area (Å²) in [6.07, 6.45) is 5.79. The number of carbonyl (C=O) groups is 1. The molecule has 1 saturated carbocycles. The Bertz CT molecular complexity index is 833. The number of hydrogen-bond acceptors (Lipinski definition) is 5. The summed E-state index contributed by atoms with van der Waals surface area (Å²) < 4.78 is 7.25. The van der Waals surface area contributed by atoms with Crippen LogP contribution in [0.25, 0.3) is 10.9 Å². The monoisotopic (exact) mass is 327 g/mol. The van der Waals surface area contributed by atoms with E-state index in [1.807, 2.05) is 12.3 Å². The first kappa shape index (κ1) is 15.1. The Kier molecular flexibility index (Phi) is 3.67. The number of rotatable bonds is 4. The predicted octanol–water partition coefficient (Wildman–Crippen LogP) is 2.06. The van der Waals surface area contributed by atoms with E-state index < -0.39 is 0 Å². The smallest absolute Gasteiger partial charge is 0.293 e. The fourth-order valence-corrected chi connectivity index (χ4v) is 3.58. The minimum atomic E-state index is -0.00919. The summed E-state index contributed by atoms with van der Waals surface area (Å²) in [5, 5.41) is 0.685. The van der Waals surface area contributed by atoms with Crippen molar-refractivity contribution >= 4 is 28.7 Å². The van der Waals surface area contributed by atoms with Gasteiger partial charge in [-0.3, -0.25) is 9.59 Å². The molecule has 0 unspecified atom stereocenters. The molecule has 1 aromatic heterocycles. The van der Waals surface area contributed by atoms with Gasteiger partial charge in [-0.15, -0.1) is 0 Å². The van der Waals surface area contributed by atoms with Gasteiger partial charge < -0.3 is 19.9 Å². The molecule has 2 N–H and O–H groups in total. The average Bonchev–Trinajstić information content (AvgIpc) is 3.41. The summed E-state index contributed by atoms with van der Waals surface area (Å²) in [5.41, 5.74) is 8.81. The van der Waals surface area contributed by atoms with E-state index in [2.05, 4.69) is 9.47 Å². The topological polar surface area (TPSA) is 77.6 Å². The molecule has 0 atom stereocenters. The Balaban J connectivity index is 1.71. The molecule has 6 heteroatoms. The molecule has 1 aliphatic carbocycles. The third-order valence-corrected chi connectivity index (χ3v) is 5.05. The van der Waals surface area contributed by atoms with Crippen molar-refractivity contribution < 1.29 is 9.53 Å². The minimum Gasteiger partial charge on any atom is -0.464 e. The summed E-state index contributed by atoms with van der Waals surface area (Å²) in [4.78, 5) is 24.9. The van der Waals surface area contributed by atoms with Gasteiger partial charge in [0.15, 0.2) is 5.43 Å². The zero-order chi connectivity index (χ0) is 16.7. The molecule has 1 saturated heterocycles. The van der Waals surface area contributed by atoms with Crippen molar-refractivity contribution in [1.82, 2.24) is 4.57 Å². The Morgan fingerprint density at radius 1 is 1.17 bits per heavy atom. The van der Waals surface area contributed by atoms with Gasteiger partial charge in [0.25, 0.3) is 6.47 Å². The second-order valence-corrected chi connectivity index (χ2v) is 6.67. The average molecular weight is 327 g/mol. The first-order valence-electron chi connectivity index (χ1n) is 8.46. The molecule has 2 heterocycles. The summed E-state index contributed by atoms with van der Waals surface area (Å²) in [7, 11) is 0. The molecule has 0 amide bonds. The summed E-state index contributed by atoms with van der Waals surface area (Å²) in [6.45, 7) is 2.10. The second kappa shape index (κ2) is 5.85. The Labute approximate surface area is 139 Å². The van der Waals surface area contributed by atoms with Crippen LogP contribution in [0.15, 0.2) is 29.2 Å². The van der Waals surface area contributed by atoms with Crippen molar-refractivity contribution in [2.24, 2.45) is 0 Å². The summed E-state index contributed by atoms with van der Waals surface area (Å²) in [6, 6.07) is 5.98. The van der Waals surface area contributed by atoms with Gasteiger partial charge in [0, 0.05) is 49.6 Å². The van der Waals surface area contributed by atoms with Gasteiger partial charge in [0.2, 0.25) is 0 Å². The number of fused-ring (bicyclic) bond motifs is 1. The van der Waals surface area contributed by atoms with Gasteiger partial charge in [-0.25, -0.2) is 0 Å². The molecule has 2 fully saturated rings. The van der Waals surface area contributed by atoms with Gasteiger partial charge >= 0.3 is 0 Å². The van der Waals surface area contributed by atoms with Crippen molar-refractivity contribution in [2.75, 3.05) is 23.7 Å². The van der Waals surface area contributed by atoms with Crippen molar-refractivity contribution in [2.45, 2.75) is 37.8 Å². The highest BCUT2D eigenvalue weighted by Crippen LogP contribution is 2.38. The molecule has 0 radical (unpaired) electrons. The lowest BCUT2D eigenvalue weighted by Gasteiger charge is -2.33. The van der Waals surface area contributed by atoms with Crippen LogP contribution >= 0.6 is 0 Å². The number of pyridine rings is 1. The number of piperidine rings is 1. The lowest BCUT2D eigenvalue weighted by Crippen LogP contribution is -2.37. The standard InChI is InChI=1S/C18H21N3O3/c19-15-9-14-16(21(12-1-2-12)8-5-18(14)23)10-17(15)20-6-3-13(4-7-20)24-11-22/h5,8-13H,1-4,6-7,19H2. The van der Waals surface area contributed by atoms with Crippen LogP contribution in [-0.2, 0) is 9.53 Å². The maximum absolute atomic E-state index is 12.2. The first-order chi connectivity index (χ1) is 11.7. The normalized spacial score (nSPS) is 18.8. The molecular weight excluding hydrogens is 306 g/mol. The Morgan fingerprint density at radius 2 is 1.92 bits per heavy atom. The van der Waals surface area contributed by atoms with Gasteiger partial charge in [-0.2, -0.15) is 0 Å². The fourth-order valence-electron chi connectivity index (χ4n) is 3.58. The maximum atomic E-state index is 12.2. The van der Waals surface area contributed by atoms with Crippen LogP contribution in [0.4, 0.5) is 11.4 Å². The highest BCUT2D eigenvalue weighted by molar-refractivity contribution is 5.89. The van der Waals surface area contributed by atoms with Crippen LogP contribution in [0.2, 0.25) is 0 Å². The Hall–Kier alpha value is -2.50. The van der Waals surface area contributed by atoms with Crippen LogP contribution < -0.4 is 16.1 Å². The molecule has 1 aliphatic heterocycles. The van der Waals surface area contributed by atoms with Crippen molar-refractivity contribution in [3.8, 4) is 0 Å². The number of nitrogen functional groups attached to an aromatic ring is 1. The van der Waals surface area contributed by atoms with E-state index in [0.717, 1.165) is 50.0 Å². The lowest BCUT2D eigenvalue weighted by molar-refractivity contribution is -0.134. The molecule has 4 rings (SSSR count). The number of anilines is 2. The number of carbonyl (C=O) groups excluding carboxylic acids is 1. The molecule has 24 heavy (non-hydrogen) atoms. The molecule has 2 aromatic rings. The predicted molar refractivity (Wildman–Crippen MR) is 93.3 cm³/mol. The van der Waals surface area contributed by atoms with E-state index in [-0.39, 0.29) is 11.5 Å². The number of nitrogens with zero attached hydrogens (tertiary/aromatic N) is 2. The second-order valence-electron chi connectivity index (χ2n) is 6.67. The van der Waals surface area contributed by atoms with Crippen LogP contribution in [0.5, 0.6) is 0 Å². The lowest BCUT2D eigenvalue weighted by atomic mass is 10.1. The van der Waals surface area contributed by atoms with Gasteiger partial charge in [0.1, 0.15) is 6.10 Å². The molecule has 6 nitrogen and oxygen atoms in total. The molecule has 126 valence electrons. The summed E-state index contributed by atoms with van der Waals surface area (Å²) >= 11 is 0. The van der Waals surface area contributed by atoms with E-state index in [4.69, 9.17) is 10.5 Å². The van der Waals surface area contributed by atoms with Crippen molar-refractivity contribution in [3.05, 3.63) is 34.6 Å². The van der Waals surface area contributed by atoms with Crippen molar-refractivity contribution in [3.63, 3.8) is 0 Å². The number of aromatic nitrogens is 1. The zero-order valence-electron chi connectivity index (χ0n) is 13.5. The van der Waals surface area contributed by atoms with E-state index in [9.17, 15) is 9.59 Å². The fraction of sp³-hybridized carbons (Fsp3) is 0.444. The Morgan fingerprint density at radius 3 is 2.58 bits per heavy atom. The van der Waals surface area contributed by atoms with Gasteiger partial charge in [-0.1, -0.05) is 0 Å². The third kappa shape index (κ3) is 2.62. The number of benzene rings is 1. The molecular formula is C18H21N3O3. The SMILES string of the molecule is Nc1cc2c(=O)ccn(C3CC3)c2cc1N1CCC(OC=O)CC1. The van der Waals surface area contributed by atoms with Crippen molar-refractivity contribution in [1.29, 1.82) is 0 Å². The van der Waals surface area contributed by atoms with Crippen LogP contribution in [0, 0.1) is 0 Å². The summed E-state index contributed by atoms with van der Waals surface area (Å²) in [5.74, 6) is 0. The van der Waals surface area contributed by atoms with E-state index in [0.29, 0.717) is 23.6 Å². The molecule has 0 spiro atoms. The van der Waals surface area contributed by atoms with Crippen LogP contribution in [0.1, 0.15) is 31.7 Å². The minimum absolute atomic E-state index is 0.00919. The van der Waals surface area contributed by atoms with Crippen LogP contribution in [0.3, 0.4) is 0 Å². The molecule has 1 aromatic carbocycles. The quantitative estimate of drug-likeness (QED) is 0.687. The van der Waals surface area contributed by atoms with Gasteiger partial charge in [0.05, 0.1) is 16.9 Å². The first-order valence-corrected chi connectivity index (χ1v) is 8.46. The van der Waals surface area contributed by atoms with E-state index in [1.165, 1.54) is 0 Å². The number of nitrogens with two attached hydrogens (primary N) is 1. The van der Waals surface area contributed by atoms with Gasteiger partial charge in [-0.05, 0) is 25.0 Å². The zero-order valence-corrected chi connectivity index (χ0v) is 13.5. The van der Waals surface area contributed by atoms with E-state index >= 15 is 0 Å².